The summed E-state index contributed by atoms with van der Waals surface area (Å²) >= 11 is 3.51. The van der Waals surface area contributed by atoms with E-state index in [1.807, 2.05) is 31.2 Å². The molecule has 0 heterocycles. The molecule has 0 radical (unpaired) electrons. The van der Waals surface area contributed by atoms with Gasteiger partial charge in [-0.1, -0.05) is 45.8 Å². The Labute approximate surface area is 128 Å². The van der Waals surface area contributed by atoms with Gasteiger partial charge in [-0.25, -0.2) is 0 Å². The Balaban J connectivity index is 2.26. The number of aliphatic hydroxyl groups is 1. The molecule has 3 heteroatoms. The van der Waals surface area contributed by atoms with E-state index < -0.39 is 6.10 Å². The van der Waals surface area contributed by atoms with Gasteiger partial charge in [0.2, 0.25) is 0 Å². The molecule has 2 nitrogen and oxygen atoms in total. The summed E-state index contributed by atoms with van der Waals surface area (Å²) in [5, 5.41) is 10.5. The van der Waals surface area contributed by atoms with Crippen molar-refractivity contribution in [1.29, 1.82) is 0 Å². The van der Waals surface area contributed by atoms with Crippen molar-refractivity contribution in [2.75, 3.05) is 7.11 Å². The summed E-state index contributed by atoms with van der Waals surface area (Å²) in [6.07, 6.45) is -0.00358. The zero-order chi connectivity index (χ0) is 14.7. The highest BCUT2D eigenvalue weighted by Crippen LogP contribution is 2.32. The maximum Gasteiger partial charge on any atom is 0.125 e. The minimum Gasteiger partial charge on any atom is -0.496 e. The SMILES string of the molecule is COc1cc(C)c(Br)cc1C(O)Cc1ccc(C)cc1. The summed E-state index contributed by atoms with van der Waals surface area (Å²) in [5.74, 6) is 0.727. The summed E-state index contributed by atoms with van der Waals surface area (Å²) in [7, 11) is 1.63. The van der Waals surface area contributed by atoms with Gasteiger partial charge in [0.25, 0.3) is 0 Å². The molecule has 106 valence electrons. The summed E-state index contributed by atoms with van der Waals surface area (Å²) in [5.41, 5.74) is 4.24. The van der Waals surface area contributed by atoms with E-state index >= 15 is 0 Å². The maximum absolute atomic E-state index is 10.5. The fraction of sp³-hybridized carbons (Fsp3) is 0.294. The van der Waals surface area contributed by atoms with E-state index in [1.165, 1.54) is 5.56 Å². The predicted octanol–water partition coefficient (Wildman–Crippen LogP) is 4.35. The predicted molar refractivity (Wildman–Crippen MR) is 85.3 cm³/mol. The normalized spacial score (nSPS) is 12.2. The lowest BCUT2D eigenvalue weighted by Crippen LogP contribution is -2.05. The molecule has 0 aromatic heterocycles. The largest absolute Gasteiger partial charge is 0.496 e. The Hall–Kier alpha value is -1.32. The quantitative estimate of drug-likeness (QED) is 0.900. The summed E-state index contributed by atoms with van der Waals surface area (Å²) < 4.78 is 6.36. The van der Waals surface area contributed by atoms with Crippen molar-refractivity contribution in [1.82, 2.24) is 0 Å². The average Bonchev–Trinajstić information content (AvgIpc) is 2.43. The minimum atomic E-state index is -0.579. The van der Waals surface area contributed by atoms with Gasteiger partial charge in [-0.15, -0.1) is 0 Å². The molecular weight excluding hydrogens is 316 g/mol. The van der Waals surface area contributed by atoms with Gasteiger partial charge in [0.15, 0.2) is 0 Å². The zero-order valence-electron chi connectivity index (χ0n) is 12.0. The van der Waals surface area contributed by atoms with E-state index in [2.05, 4.69) is 35.0 Å². The second-order valence-electron chi connectivity index (χ2n) is 5.05. The molecule has 0 fully saturated rings. The molecule has 0 amide bonds. The molecule has 2 aromatic rings. The van der Waals surface area contributed by atoms with Gasteiger partial charge < -0.3 is 9.84 Å². The third-order valence-corrected chi connectivity index (χ3v) is 4.27. The van der Waals surface area contributed by atoms with Crippen LogP contribution in [0.15, 0.2) is 40.9 Å². The van der Waals surface area contributed by atoms with Gasteiger partial charge in [0.05, 0.1) is 13.2 Å². The molecule has 0 bridgehead atoms. The molecule has 1 unspecified atom stereocenters. The van der Waals surface area contributed by atoms with Crippen LogP contribution < -0.4 is 4.74 Å². The van der Waals surface area contributed by atoms with E-state index in [0.29, 0.717) is 6.42 Å². The third kappa shape index (κ3) is 3.41. The summed E-state index contributed by atoms with van der Waals surface area (Å²) in [6.45, 7) is 4.06. The van der Waals surface area contributed by atoms with Gasteiger partial charge in [-0.2, -0.15) is 0 Å². The Morgan fingerprint density at radius 1 is 1.15 bits per heavy atom. The number of methoxy groups -OCH3 is 1. The van der Waals surface area contributed by atoms with Gasteiger partial charge >= 0.3 is 0 Å². The number of rotatable bonds is 4. The monoisotopic (exact) mass is 334 g/mol. The van der Waals surface area contributed by atoms with Gasteiger partial charge in [0.1, 0.15) is 5.75 Å². The van der Waals surface area contributed by atoms with Crippen molar-refractivity contribution in [3.05, 3.63) is 63.1 Å². The van der Waals surface area contributed by atoms with Crippen molar-refractivity contribution in [2.24, 2.45) is 0 Å². The van der Waals surface area contributed by atoms with E-state index in [1.54, 1.807) is 7.11 Å². The Morgan fingerprint density at radius 2 is 1.80 bits per heavy atom. The first-order valence-electron chi connectivity index (χ1n) is 6.59. The molecule has 2 rings (SSSR count). The smallest absolute Gasteiger partial charge is 0.125 e. The number of hydrogen-bond acceptors (Lipinski definition) is 2. The molecule has 0 aliphatic heterocycles. The molecule has 0 aliphatic carbocycles. The molecule has 0 aliphatic rings. The number of halogens is 1. The first-order chi connectivity index (χ1) is 9.51. The zero-order valence-corrected chi connectivity index (χ0v) is 13.6. The molecule has 1 N–H and O–H groups in total. The Morgan fingerprint density at radius 3 is 2.40 bits per heavy atom. The average molecular weight is 335 g/mol. The fourth-order valence-corrected chi connectivity index (χ4v) is 2.53. The molecular formula is C17H19BrO2. The van der Waals surface area contributed by atoms with Crippen LogP contribution >= 0.6 is 15.9 Å². The molecule has 2 aromatic carbocycles. The highest BCUT2D eigenvalue weighted by atomic mass is 79.9. The first-order valence-corrected chi connectivity index (χ1v) is 7.38. The second-order valence-corrected chi connectivity index (χ2v) is 5.90. The van der Waals surface area contributed by atoms with Crippen LogP contribution in [0.25, 0.3) is 0 Å². The standard InChI is InChI=1S/C17H19BrO2/c1-11-4-6-13(7-5-11)9-16(19)14-10-15(18)12(2)8-17(14)20-3/h4-8,10,16,19H,9H2,1-3H3. The topological polar surface area (TPSA) is 29.5 Å². The highest BCUT2D eigenvalue weighted by molar-refractivity contribution is 9.10. The third-order valence-electron chi connectivity index (χ3n) is 3.42. The van der Waals surface area contributed by atoms with E-state index in [9.17, 15) is 5.11 Å². The van der Waals surface area contributed by atoms with Crippen LogP contribution in [0.5, 0.6) is 5.75 Å². The summed E-state index contributed by atoms with van der Waals surface area (Å²) in [4.78, 5) is 0. The van der Waals surface area contributed by atoms with Crippen LogP contribution in [0.3, 0.4) is 0 Å². The highest BCUT2D eigenvalue weighted by Gasteiger charge is 2.15. The van der Waals surface area contributed by atoms with Crippen molar-refractivity contribution in [2.45, 2.75) is 26.4 Å². The number of hydrogen-bond donors (Lipinski definition) is 1. The van der Waals surface area contributed by atoms with Crippen LogP contribution in [0, 0.1) is 13.8 Å². The van der Waals surface area contributed by atoms with Crippen molar-refractivity contribution in [3.8, 4) is 5.75 Å². The van der Waals surface area contributed by atoms with Crippen LogP contribution in [0.1, 0.15) is 28.4 Å². The van der Waals surface area contributed by atoms with E-state index in [4.69, 9.17) is 4.74 Å². The lowest BCUT2D eigenvalue weighted by atomic mass is 9.99. The van der Waals surface area contributed by atoms with Gasteiger partial charge in [-0.05, 0) is 37.1 Å². The van der Waals surface area contributed by atoms with Crippen molar-refractivity contribution < 1.29 is 9.84 Å². The lowest BCUT2D eigenvalue weighted by molar-refractivity contribution is 0.174. The maximum atomic E-state index is 10.5. The van der Waals surface area contributed by atoms with E-state index in [-0.39, 0.29) is 0 Å². The van der Waals surface area contributed by atoms with Gasteiger partial charge in [0, 0.05) is 16.5 Å². The molecule has 20 heavy (non-hydrogen) atoms. The van der Waals surface area contributed by atoms with Crippen LogP contribution in [0.2, 0.25) is 0 Å². The summed E-state index contributed by atoms with van der Waals surface area (Å²) in [6, 6.07) is 12.1. The number of ether oxygens (including phenoxy) is 1. The van der Waals surface area contributed by atoms with Crippen LogP contribution in [0.4, 0.5) is 0 Å². The molecule has 1 atom stereocenters. The van der Waals surface area contributed by atoms with Crippen molar-refractivity contribution >= 4 is 15.9 Å². The van der Waals surface area contributed by atoms with Crippen LogP contribution in [-0.2, 0) is 6.42 Å². The molecule has 0 saturated carbocycles. The Bertz CT molecular complexity index is 591. The van der Waals surface area contributed by atoms with Gasteiger partial charge in [-0.3, -0.25) is 0 Å². The Kier molecular flexibility index (Phi) is 4.84. The number of benzene rings is 2. The van der Waals surface area contributed by atoms with E-state index in [0.717, 1.165) is 26.9 Å². The molecule has 0 spiro atoms. The number of aryl methyl sites for hydroxylation is 2. The lowest BCUT2D eigenvalue weighted by Gasteiger charge is -2.16. The first kappa shape index (κ1) is 15.1. The minimum absolute atomic E-state index is 0.576. The number of aliphatic hydroxyl groups excluding tert-OH is 1. The van der Waals surface area contributed by atoms with Crippen molar-refractivity contribution in [3.63, 3.8) is 0 Å². The fourth-order valence-electron chi connectivity index (χ4n) is 2.16. The molecule has 0 saturated heterocycles. The van der Waals surface area contributed by atoms with Crippen LogP contribution in [-0.4, -0.2) is 12.2 Å². The second kappa shape index (κ2) is 6.42.